The predicted molar refractivity (Wildman–Crippen MR) is 105 cm³/mol. The lowest BCUT2D eigenvalue weighted by molar-refractivity contribution is 0.102. The number of hydrogen-bond donors (Lipinski definition) is 2. The summed E-state index contributed by atoms with van der Waals surface area (Å²) in [6.45, 7) is 4.49. The van der Waals surface area contributed by atoms with E-state index in [2.05, 4.69) is 34.3 Å². The summed E-state index contributed by atoms with van der Waals surface area (Å²) in [6.07, 6.45) is 1.24. The zero-order valence-corrected chi connectivity index (χ0v) is 15.1. The Labute approximate surface area is 153 Å². The molecule has 1 fully saturated rings. The first-order valence-corrected chi connectivity index (χ1v) is 8.95. The van der Waals surface area contributed by atoms with Crippen molar-refractivity contribution in [3.8, 4) is 5.75 Å². The zero-order chi connectivity index (χ0) is 18.1. The van der Waals surface area contributed by atoms with Crippen molar-refractivity contribution < 1.29 is 9.53 Å². The lowest BCUT2D eigenvalue weighted by Gasteiger charge is -2.18. The highest BCUT2D eigenvalue weighted by Gasteiger charge is 2.18. The maximum Gasteiger partial charge on any atom is 0.272 e. The number of fused-ring (bicyclic) bond motifs is 1. The van der Waals surface area contributed by atoms with Crippen LogP contribution in [0.5, 0.6) is 5.75 Å². The van der Waals surface area contributed by atoms with Crippen molar-refractivity contribution in [2.75, 3.05) is 30.4 Å². The largest absolute Gasteiger partial charge is 0.497 e. The molecular formula is C21H23N3O2. The van der Waals surface area contributed by atoms with Gasteiger partial charge in [-0.1, -0.05) is 6.92 Å². The first-order valence-electron chi connectivity index (χ1n) is 8.95. The Kier molecular flexibility index (Phi) is 4.29. The summed E-state index contributed by atoms with van der Waals surface area (Å²) in [6, 6.07) is 15.6. The molecule has 1 aromatic heterocycles. The van der Waals surface area contributed by atoms with Crippen LogP contribution in [0, 0.1) is 5.92 Å². The molecule has 134 valence electrons. The van der Waals surface area contributed by atoms with Gasteiger partial charge in [0.2, 0.25) is 0 Å². The highest BCUT2D eigenvalue weighted by molar-refractivity contribution is 6.06. The van der Waals surface area contributed by atoms with Gasteiger partial charge in [0.05, 0.1) is 7.11 Å². The van der Waals surface area contributed by atoms with E-state index in [0.29, 0.717) is 5.69 Å². The molecule has 26 heavy (non-hydrogen) atoms. The van der Waals surface area contributed by atoms with Crippen LogP contribution in [0.1, 0.15) is 23.8 Å². The average molecular weight is 349 g/mol. The molecule has 1 aliphatic heterocycles. The van der Waals surface area contributed by atoms with Gasteiger partial charge in [0.25, 0.3) is 5.91 Å². The van der Waals surface area contributed by atoms with Crippen molar-refractivity contribution in [1.29, 1.82) is 0 Å². The minimum Gasteiger partial charge on any atom is -0.497 e. The summed E-state index contributed by atoms with van der Waals surface area (Å²) in [5.74, 6) is 1.36. The number of methoxy groups -OCH3 is 1. The Morgan fingerprint density at radius 3 is 2.69 bits per heavy atom. The van der Waals surface area contributed by atoms with Crippen molar-refractivity contribution in [2.45, 2.75) is 13.3 Å². The fraction of sp³-hybridized carbons (Fsp3) is 0.286. The van der Waals surface area contributed by atoms with Crippen LogP contribution in [0.15, 0.2) is 48.5 Å². The summed E-state index contributed by atoms with van der Waals surface area (Å²) in [5.41, 5.74) is 3.42. The second kappa shape index (κ2) is 6.75. The monoisotopic (exact) mass is 349 g/mol. The summed E-state index contributed by atoms with van der Waals surface area (Å²) < 4.78 is 5.22. The minimum atomic E-state index is -0.150. The molecule has 0 spiro atoms. The third-order valence-electron chi connectivity index (χ3n) is 4.99. The van der Waals surface area contributed by atoms with E-state index >= 15 is 0 Å². The van der Waals surface area contributed by atoms with Gasteiger partial charge in [-0.25, -0.2) is 0 Å². The van der Waals surface area contributed by atoms with Crippen molar-refractivity contribution in [1.82, 2.24) is 4.98 Å². The van der Waals surface area contributed by atoms with Crippen molar-refractivity contribution in [2.24, 2.45) is 5.92 Å². The fourth-order valence-corrected chi connectivity index (χ4v) is 3.48. The number of H-pyrrole nitrogens is 1. The molecule has 5 nitrogen and oxygen atoms in total. The molecule has 0 radical (unpaired) electrons. The van der Waals surface area contributed by atoms with Gasteiger partial charge >= 0.3 is 0 Å². The summed E-state index contributed by atoms with van der Waals surface area (Å²) in [4.78, 5) is 18.1. The molecule has 0 bridgehead atoms. The topological polar surface area (TPSA) is 57.4 Å². The highest BCUT2D eigenvalue weighted by Crippen LogP contribution is 2.25. The maximum atomic E-state index is 12.5. The second-order valence-electron chi connectivity index (χ2n) is 6.98. The molecular weight excluding hydrogens is 326 g/mol. The van der Waals surface area contributed by atoms with E-state index in [-0.39, 0.29) is 5.91 Å². The van der Waals surface area contributed by atoms with Gasteiger partial charge in [0, 0.05) is 41.4 Å². The Morgan fingerprint density at radius 2 is 2.00 bits per heavy atom. The van der Waals surface area contributed by atoms with Crippen LogP contribution in [0.3, 0.4) is 0 Å². The molecule has 2 N–H and O–H groups in total. The highest BCUT2D eigenvalue weighted by atomic mass is 16.5. The van der Waals surface area contributed by atoms with E-state index in [9.17, 15) is 4.79 Å². The van der Waals surface area contributed by atoms with Gasteiger partial charge in [0.1, 0.15) is 11.4 Å². The molecule has 2 aromatic carbocycles. The van der Waals surface area contributed by atoms with E-state index in [1.54, 1.807) is 7.11 Å². The average Bonchev–Trinajstić information content (AvgIpc) is 3.27. The lowest BCUT2D eigenvalue weighted by Crippen LogP contribution is -2.19. The molecule has 3 aromatic rings. The second-order valence-corrected chi connectivity index (χ2v) is 6.98. The third kappa shape index (κ3) is 3.25. The molecule has 5 heteroatoms. The number of carbonyl (C=O) groups excluding carboxylic acids is 1. The SMILES string of the molecule is COc1ccc2cc(C(=O)Nc3ccc(N4CCC(C)C4)cc3)[nH]c2c1. The van der Waals surface area contributed by atoms with Crippen LogP contribution in [-0.2, 0) is 0 Å². The van der Waals surface area contributed by atoms with Crippen molar-refractivity contribution in [3.05, 3.63) is 54.2 Å². The number of carbonyl (C=O) groups is 1. The van der Waals surface area contributed by atoms with Crippen LogP contribution < -0.4 is 15.0 Å². The zero-order valence-electron chi connectivity index (χ0n) is 15.1. The van der Waals surface area contributed by atoms with Crippen molar-refractivity contribution in [3.63, 3.8) is 0 Å². The van der Waals surface area contributed by atoms with Gasteiger partial charge in [-0.3, -0.25) is 4.79 Å². The number of amides is 1. The predicted octanol–water partition coefficient (Wildman–Crippen LogP) is 4.28. The van der Waals surface area contributed by atoms with E-state index < -0.39 is 0 Å². The number of aromatic amines is 1. The Bertz CT molecular complexity index is 930. The first-order chi connectivity index (χ1) is 12.6. The summed E-state index contributed by atoms with van der Waals surface area (Å²) >= 11 is 0. The van der Waals surface area contributed by atoms with Gasteiger partial charge in [-0.2, -0.15) is 0 Å². The molecule has 1 unspecified atom stereocenters. The molecule has 1 atom stereocenters. The van der Waals surface area contributed by atoms with Gasteiger partial charge in [0.15, 0.2) is 0 Å². The maximum absolute atomic E-state index is 12.5. The number of nitrogens with one attached hydrogen (secondary N) is 2. The molecule has 0 saturated carbocycles. The van der Waals surface area contributed by atoms with Crippen LogP contribution in [0.2, 0.25) is 0 Å². The number of rotatable bonds is 4. The molecule has 2 heterocycles. The molecule has 1 amide bonds. The molecule has 0 aliphatic carbocycles. The number of aromatic nitrogens is 1. The number of hydrogen-bond acceptors (Lipinski definition) is 3. The standard InChI is InChI=1S/C21H23N3O2/c1-14-9-10-24(13-14)17-6-4-16(5-7-17)22-21(25)20-11-15-3-8-18(26-2)12-19(15)23-20/h3-8,11-12,14,23H,9-10,13H2,1-2H3,(H,22,25). The third-order valence-corrected chi connectivity index (χ3v) is 4.99. The van der Waals surface area contributed by atoms with E-state index in [1.807, 2.05) is 36.4 Å². The molecule has 1 aliphatic rings. The van der Waals surface area contributed by atoms with Crippen molar-refractivity contribution >= 4 is 28.2 Å². The molecule has 4 rings (SSSR count). The van der Waals surface area contributed by atoms with Gasteiger partial charge < -0.3 is 19.9 Å². The van der Waals surface area contributed by atoms with Crippen LogP contribution in [0.4, 0.5) is 11.4 Å². The van der Waals surface area contributed by atoms with E-state index in [4.69, 9.17) is 4.74 Å². The Morgan fingerprint density at radius 1 is 1.19 bits per heavy atom. The lowest BCUT2D eigenvalue weighted by atomic mass is 10.2. The first kappa shape index (κ1) is 16.5. The van der Waals surface area contributed by atoms with E-state index in [1.165, 1.54) is 12.1 Å². The Hall–Kier alpha value is -2.95. The van der Waals surface area contributed by atoms with Crippen LogP contribution in [0.25, 0.3) is 10.9 Å². The van der Waals surface area contributed by atoms with Gasteiger partial charge in [-0.05, 0) is 54.8 Å². The fourth-order valence-electron chi connectivity index (χ4n) is 3.48. The molecule has 1 saturated heterocycles. The minimum absolute atomic E-state index is 0.150. The number of ether oxygens (including phenoxy) is 1. The van der Waals surface area contributed by atoms with E-state index in [0.717, 1.165) is 41.3 Å². The van der Waals surface area contributed by atoms with Gasteiger partial charge in [-0.15, -0.1) is 0 Å². The number of nitrogens with zero attached hydrogens (tertiary/aromatic N) is 1. The van der Waals surface area contributed by atoms with Crippen LogP contribution in [-0.4, -0.2) is 31.1 Å². The normalized spacial score (nSPS) is 16.8. The Balaban J connectivity index is 1.47. The number of benzene rings is 2. The summed E-state index contributed by atoms with van der Waals surface area (Å²) in [5, 5.41) is 3.94. The number of anilines is 2. The quantitative estimate of drug-likeness (QED) is 0.739. The smallest absolute Gasteiger partial charge is 0.272 e. The summed E-state index contributed by atoms with van der Waals surface area (Å²) in [7, 11) is 1.63. The van der Waals surface area contributed by atoms with Crippen LogP contribution >= 0.6 is 0 Å².